The van der Waals surface area contributed by atoms with Gasteiger partial charge in [-0.3, -0.25) is 0 Å². The van der Waals surface area contributed by atoms with E-state index in [1.165, 1.54) is 6.07 Å². The van der Waals surface area contributed by atoms with Crippen molar-refractivity contribution in [3.05, 3.63) is 58.1 Å². The van der Waals surface area contributed by atoms with E-state index in [2.05, 4.69) is 0 Å². The van der Waals surface area contributed by atoms with Crippen molar-refractivity contribution in [2.45, 2.75) is 24.1 Å². The zero-order chi connectivity index (χ0) is 19.1. The summed E-state index contributed by atoms with van der Waals surface area (Å²) in [6.07, 6.45) is -5.13. The van der Waals surface area contributed by atoms with E-state index >= 15 is 0 Å². The monoisotopic (exact) mass is 389 g/mol. The van der Waals surface area contributed by atoms with E-state index in [0.29, 0.717) is 11.8 Å². The van der Waals surface area contributed by atoms with Gasteiger partial charge >= 0.3 is 11.8 Å². The average molecular weight is 389 g/mol. The van der Waals surface area contributed by atoms with Crippen LogP contribution in [0.2, 0.25) is 0 Å². The summed E-state index contributed by atoms with van der Waals surface area (Å²) in [5, 5.41) is 0. The zero-order valence-corrected chi connectivity index (χ0v) is 14.3. The molecule has 26 heavy (non-hydrogen) atoms. The van der Waals surface area contributed by atoms with Gasteiger partial charge in [0.05, 0.1) is 29.6 Å². The number of sulfonamides is 1. The Bertz CT molecular complexity index is 978. The summed E-state index contributed by atoms with van der Waals surface area (Å²) in [4.78, 5) is 10.8. The molecule has 0 amide bonds. The van der Waals surface area contributed by atoms with Crippen LogP contribution in [0.1, 0.15) is 11.3 Å². The maximum atomic E-state index is 12.8. The SMILES string of the molecule is Cc1cc(OC2CN(S(=O)(=O)c3cccc(C(F)(F)F)c3)C2)cc(=O)o1. The molecule has 2 aromatic rings. The van der Waals surface area contributed by atoms with Crippen molar-refractivity contribution >= 4 is 10.0 Å². The van der Waals surface area contributed by atoms with Crippen molar-refractivity contribution in [1.82, 2.24) is 4.31 Å². The second kappa shape index (κ2) is 6.44. The maximum absolute atomic E-state index is 12.8. The Balaban J connectivity index is 1.71. The first-order valence-electron chi connectivity index (χ1n) is 7.51. The standard InChI is InChI=1S/C16H14F3NO5S/c1-10-5-12(7-15(21)24-10)25-13-8-20(9-13)26(22,23)14-4-2-3-11(6-14)16(17,18)19/h2-7,13H,8-9H2,1H3. The van der Waals surface area contributed by atoms with Gasteiger partial charge in [0.2, 0.25) is 10.0 Å². The number of halogens is 3. The Labute approximate surface area is 146 Å². The number of ether oxygens (including phenoxy) is 1. The first kappa shape index (κ1) is 18.5. The first-order valence-corrected chi connectivity index (χ1v) is 8.95. The topological polar surface area (TPSA) is 76.8 Å². The van der Waals surface area contributed by atoms with Crippen molar-refractivity contribution in [3.8, 4) is 5.75 Å². The molecule has 2 heterocycles. The van der Waals surface area contributed by atoms with E-state index in [1.54, 1.807) is 6.92 Å². The summed E-state index contributed by atoms with van der Waals surface area (Å²) in [7, 11) is -4.05. The molecule has 0 atom stereocenters. The van der Waals surface area contributed by atoms with E-state index < -0.39 is 38.4 Å². The highest BCUT2D eigenvalue weighted by molar-refractivity contribution is 7.89. The lowest BCUT2D eigenvalue weighted by atomic mass is 10.2. The predicted octanol–water partition coefficient (Wildman–Crippen LogP) is 2.42. The van der Waals surface area contributed by atoms with E-state index in [4.69, 9.17) is 9.15 Å². The summed E-state index contributed by atoms with van der Waals surface area (Å²) in [5.41, 5.74) is -1.62. The van der Waals surface area contributed by atoms with Gasteiger partial charge in [0.15, 0.2) is 0 Å². The molecule has 0 saturated carbocycles. The number of hydrogen-bond donors (Lipinski definition) is 0. The zero-order valence-electron chi connectivity index (χ0n) is 13.5. The summed E-state index contributed by atoms with van der Waals surface area (Å²) in [6, 6.07) is 6.21. The third-order valence-electron chi connectivity index (χ3n) is 3.78. The highest BCUT2D eigenvalue weighted by Gasteiger charge is 2.39. The highest BCUT2D eigenvalue weighted by atomic mass is 32.2. The van der Waals surface area contributed by atoms with Crippen molar-refractivity contribution in [2.75, 3.05) is 13.1 Å². The Kier molecular flexibility index (Phi) is 4.57. The minimum absolute atomic E-state index is 0.0299. The molecule has 10 heteroatoms. The fourth-order valence-electron chi connectivity index (χ4n) is 2.49. The summed E-state index contributed by atoms with van der Waals surface area (Å²) in [5.74, 6) is 0.597. The molecule has 0 N–H and O–H groups in total. The third kappa shape index (κ3) is 3.75. The number of alkyl halides is 3. The molecular formula is C16H14F3NO5S. The van der Waals surface area contributed by atoms with Gasteiger partial charge in [-0.25, -0.2) is 13.2 Å². The Hall–Kier alpha value is -2.33. The maximum Gasteiger partial charge on any atom is 0.416 e. The van der Waals surface area contributed by atoms with Crippen LogP contribution in [0.5, 0.6) is 5.75 Å². The number of hydrogen-bond acceptors (Lipinski definition) is 5. The van der Waals surface area contributed by atoms with Gasteiger partial charge in [-0.15, -0.1) is 0 Å². The highest BCUT2D eigenvalue weighted by Crippen LogP contribution is 2.32. The van der Waals surface area contributed by atoms with Gasteiger partial charge < -0.3 is 9.15 Å². The summed E-state index contributed by atoms with van der Waals surface area (Å²) >= 11 is 0. The first-order chi connectivity index (χ1) is 12.1. The molecule has 1 fully saturated rings. The van der Waals surface area contributed by atoms with Gasteiger partial charge in [-0.2, -0.15) is 17.5 Å². The van der Waals surface area contributed by atoms with E-state index in [9.17, 15) is 26.4 Å². The quantitative estimate of drug-likeness (QED) is 0.803. The molecule has 0 bridgehead atoms. The summed E-state index contributed by atoms with van der Waals surface area (Å²) in [6.45, 7) is 1.51. The average Bonchev–Trinajstić information content (AvgIpc) is 2.48. The molecule has 0 aliphatic carbocycles. The Morgan fingerprint density at radius 1 is 1.19 bits per heavy atom. The van der Waals surface area contributed by atoms with Crippen LogP contribution in [0, 0.1) is 6.92 Å². The molecule has 1 aliphatic heterocycles. The molecule has 6 nitrogen and oxygen atoms in total. The Morgan fingerprint density at radius 3 is 2.50 bits per heavy atom. The van der Waals surface area contributed by atoms with Crippen molar-refractivity contribution < 1.29 is 30.7 Å². The van der Waals surface area contributed by atoms with Crippen LogP contribution in [-0.2, 0) is 16.2 Å². The van der Waals surface area contributed by atoms with Gasteiger partial charge in [0.1, 0.15) is 17.6 Å². The largest absolute Gasteiger partial charge is 0.487 e. The summed E-state index contributed by atoms with van der Waals surface area (Å²) < 4.78 is 74.5. The van der Waals surface area contributed by atoms with Gasteiger partial charge in [0, 0.05) is 6.07 Å². The molecular weight excluding hydrogens is 375 g/mol. The van der Waals surface area contributed by atoms with Crippen LogP contribution >= 0.6 is 0 Å². The molecule has 1 saturated heterocycles. The molecule has 3 rings (SSSR count). The van der Waals surface area contributed by atoms with Crippen molar-refractivity contribution in [3.63, 3.8) is 0 Å². The van der Waals surface area contributed by atoms with Crippen LogP contribution in [0.3, 0.4) is 0 Å². The molecule has 0 radical (unpaired) electrons. The van der Waals surface area contributed by atoms with E-state index in [1.807, 2.05) is 0 Å². The molecule has 1 aromatic carbocycles. The fraction of sp³-hybridized carbons (Fsp3) is 0.312. The number of nitrogens with zero attached hydrogens (tertiary/aromatic N) is 1. The minimum Gasteiger partial charge on any atom is -0.487 e. The molecule has 140 valence electrons. The molecule has 0 spiro atoms. The molecule has 1 aliphatic rings. The number of aryl methyl sites for hydroxylation is 1. The molecule has 1 aromatic heterocycles. The second-order valence-electron chi connectivity index (χ2n) is 5.81. The van der Waals surface area contributed by atoms with E-state index in [0.717, 1.165) is 28.6 Å². The fourth-order valence-corrected chi connectivity index (χ4v) is 4.04. The predicted molar refractivity (Wildman–Crippen MR) is 84.3 cm³/mol. The number of rotatable bonds is 4. The Morgan fingerprint density at radius 2 is 1.88 bits per heavy atom. The lowest BCUT2D eigenvalue weighted by Crippen LogP contribution is -2.56. The lowest BCUT2D eigenvalue weighted by molar-refractivity contribution is -0.137. The van der Waals surface area contributed by atoms with Gasteiger partial charge in [0.25, 0.3) is 0 Å². The van der Waals surface area contributed by atoms with Crippen LogP contribution in [0.25, 0.3) is 0 Å². The minimum atomic E-state index is -4.63. The third-order valence-corrected chi connectivity index (χ3v) is 5.61. The number of benzene rings is 1. The lowest BCUT2D eigenvalue weighted by Gasteiger charge is -2.37. The smallest absolute Gasteiger partial charge is 0.416 e. The van der Waals surface area contributed by atoms with Crippen molar-refractivity contribution in [2.24, 2.45) is 0 Å². The van der Waals surface area contributed by atoms with Crippen LogP contribution in [0.15, 0.2) is 50.5 Å². The van der Waals surface area contributed by atoms with Crippen LogP contribution in [0.4, 0.5) is 13.2 Å². The van der Waals surface area contributed by atoms with Crippen molar-refractivity contribution in [1.29, 1.82) is 0 Å². The van der Waals surface area contributed by atoms with Gasteiger partial charge in [-0.05, 0) is 25.1 Å². The van der Waals surface area contributed by atoms with E-state index in [-0.39, 0.29) is 18.8 Å². The normalized spacial score (nSPS) is 16.3. The van der Waals surface area contributed by atoms with Gasteiger partial charge in [-0.1, -0.05) is 6.07 Å². The molecule has 0 unspecified atom stereocenters. The van der Waals surface area contributed by atoms with Crippen LogP contribution in [-0.4, -0.2) is 31.9 Å². The van der Waals surface area contributed by atoms with Crippen LogP contribution < -0.4 is 10.4 Å². The second-order valence-corrected chi connectivity index (χ2v) is 7.75.